The number of carboxylic acid groups (broad SMARTS) is 1. The van der Waals surface area contributed by atoms with E-state index in [1.165, 1.54) is 14.0 Å². The van der Waals surface area contributed by atoms with Crippen molar-refractivity contribution in [3.8, 4) is 11.8 Å². The highest BCUT2D eigenvalue weighted by atomic mass is 35.5. The van der Waals surface area contributed by atoms with Crippen LogP contribution in [0.3, 0.4) is 0 Å². The second-order valence-corrected chi connectivity index (χ2v) is 20.6. The van der Waals surface area contributed by atoms with Crippen LogP contribution in [-0.2, 0) is 29.1 Å². The zero-order valence-electron chi connectivity index (χ0n) is 35.5. The van der Waals surface area contributed by atoms with Gasteiger partial charge in [0.25, 0.3) is 11.8 Å². The van der Waals surface area contributed by atoms with Crippen molar-refractivity contribution in [3.05, 3.63) is 41.4 Å². The maximum Gasteiger partial charge on any atom is 0.408 e. The van der Waals surface area contributed by atoms with Crippen LogP contribution in [-0.4, -0.2) is 119 Å². The monoisotopic (exact) mass is 895 g/mol. The molecule has 3 heterocycles. The summed E-state index contributed by atoms with van der Waals surface area (Å²) < 4.78 is 75.9. The fourth-order valence-corrected chi connectivity index (χ4v) is 9.94. The predicted molar refractivity (Wildman–Crippen MR) is 222 cm³/mol. The number of pyridine rings is 1. The molecule has 19 heteroatoms. The lowest BCUT2D eigenvalue weighted by Gasteiger charge is -2.47. The van der Waals surface area contributed by atoms with E-state index in [1.54, 1.807) is 37.3 Å². The molecule has 6 rings (SSSR count). The molecule has 3 N–H and O–H groups in total. The van der Waals surface area contributed by atoms with Crippen LogP contribution in [0.2, 0.25) is 5.02 Å². The van der Waals surface area contributed by atoms with Gasteiger partial charge in [-0.1, -0.05) is 43.7 Å². The van der Waals surface area contributed by atoms with Gasteiger partial charge in [-0.15, -0.1) is 0 Å². The molecule has 336 valence electrons. The Bertz CT molecular complexity index is 2180. The number of rotatable bonds is 12. The quantitative estimate of drug-likeness (QED) is 0.169. The number of allylic oxidation sites excluding steroid dienone is 1. The van der Waals surface area contributed by atoms with E-state index in [9.17, 15) is 27.9 Å². The topological polar surface area (TPSA) is 194 Å². The van der Waals surface area contributed by atoms with Crippen LogP contribution in [0.4, 0.5) is 13.6 Å². The number of nitrogens with one attached hydrogen (secondary N) is 2. The maximum atomic E-state index is 15.4. The van der Waals surface area contributed by atoms with Gasteiger partial charge in [-0.2, -0.15) is 4.98 Å². The number of ether oxygens (including phenoxy) is 3. The highest BCUT2D eigenvalue weighted by Crippen LogP contribution is 2.48. The summed E-state index contributed by atoms with van der Waals surface area (Å²) in [6, 6.07) is 3.57. The van der Waals surface area contributed by atoms with Crippen LogP contribution < -0.4 is 19.5 Å². The molecular formula is C42H56ClF2N5O10S. The van der Waals surface area contributed by atoms with Gasteiger partial charge in [0.05, 0.1) is 17.9 Å². The van der Waals surface area contributed by atoms with Gasteiger partial charge in [0.15, 0.2) is 0 Å². The van der Waals surface area contributed by atoms with Gasteiger partial charge in [0.2, 0.25) is 33.6 Å². The van der Waals surface area contributed by atoms with Gasteiger partial charge >= 0.3 is 6.09 Å². The zero-order valence-corrected chi connectivity index (χ0v) is 37.1. The van der Waals surface area contributed by atoms with Crippen molar-refractivity contribution >= 4 is 56.2 Å². The minimum Gasteiger partial charge on any atom is -0.475 e. The zero-order chi connectivity index (χ0) is 44.9. The molecule has 2 saturated carbocycles. The highest BCUT2D eigenvalue weighted by molar-refractivity contribution is 7.91. The van der Waals surface area contributed by atoms with Crippen LogP contribution in [0.1, 0.15) is 86.5 Å². The fraction of sp³-hybridized carbons (Fsp3) is 0.643. The summed E-state index contributed by atoms with van der Waals surface area (Å²) in [5.74, 6) is -7.60. The van der Waals surface area contributed by atoms with Gasteiger partial charge in [-0.3, -0.25) is 24.0 Å². The van der Waals surface area contributed by atoms with Crippen molar-refractivity contribution in [2.75, 3.05) is 26.9 Å². The molecule has 2 aliphatic heterocycles. The van der Waals surface area contributed by atoms with E-state index in [4.69, 9.17) is 25.8 Å². The predicted octanol–water partition coefficient (Wildman–Crippen LogP) is 5.93. The molecule has 15 nitrogen and oxygen atoms in total. The minimum absolute atomic E-state index is 0.0488. The van der Waals surface area contributed by atoms with Gasteiger partial charge in [-0.05, 0) is 83.3 Å². The molecule has 2 aromatic rings. The molecule has 4 aliphatic rings. The van der Waals surface area contributed by atoms with Crippen LogP contribution >= 0.6 is 11.6 Å². The van der Waals surface area contributed by atoms with Gasteiger partial charge < -0.3 is 29.5 Å². The number of methoxy groups -OCH3 is 1. The first-order valence-corrected chi connectivity index (χ1v) is 22.5. The van der Waals surface area contributed by atoms with E-state index in [2.05, 4.69) is 15.0 Å². The number of carbonyl (C=O) groups excluding carboxylic acids is 3. The number of carbonyl (C=O) groups is 4. The van der Waals surface area contributed by atoms with E-state index in [0.717, 1.165) is 18.7 Å². The normalized spacial score (nSPS) is 28.7. The lowest BCUT2D eigenvalue weighted by atomic mass is 9.84. The Morgan fingerprint density at radius 1 is 1.13 bits per heavy atom. The summed E-state index contributed by atoms with van der Waals surface area (Å²) in [6.07, 6.45) is 2.80. The Hall–Kier alpha value is -4.29. The molecule has 0 unspecified atom stereocenters. The van der Waals surface area contributed by atoms with Gasteiger partial charge in [0, 0.05) is 48.2 Å². The number of fused-ring (bicyclic) bond motifs is 3. The van der Waals surface area contributed by atoms with Crippen molar-refractivity contribution < 1.29 is 55.7 Å². The Balaban J connectivity index is 1.44. The molecular weight excluding hydrogens is 840 g/mol. The van der Waals surface area contributed by atoms with Crippen LogP contribution in [0.15, 0.2) is 36.4 Å². The van der Waals surface area contributed by atoms with E-state index in [0.29, 0.717) is 53.3 Å². The first-order valence-electron chi connectivity index (χ1n) is 20.6. The van der Waals surface area contributed by atoms with Crippen molar-refractivity contribution in [1.29, 1.82) is 0 Å². The third-order valence-electron chi connectivity index (χ3n) is 12.9. The second kappa shape index (κ2) is 17.1. The van der Waals surface area contributed by atoms with Crippen molar-refractivity contribution in [2.24, 2.45) is 17.8 Å². The number of aromatic nitrogens is 1. The number of hydrogen-bond donors (Lipinski definition) is 3. The Morgan fingerprint density at radius 3 is 2.48 bits per heavy atom. The molecule has 1 saturated heterocycles. The number of alkyl halides is 2. The van der Waals surface area contributed by atoms with Crippen LogP contribution in [0.25, 0.3) is 10.8 Å². The van der Waals surface area contributed by atoms with E-state index in [1.807, 2.05) is 13.0 Å². The molecule has 1 aromatic heterocycles. The number of halogens is 3. The SMILES string of the molecule is COCCOc1cc2c(Cl)cccc2c(O[C@@H]2C[C@H]3C(=O)N[C@]4(C(=O)NS(=O)(=O)C5(C)CC5)C[C@H]4/C=C\CC[C@@H](C)C[C@@H](C)[C@H](N(C(=O)O)C(C)(C)C(C)(F)F)C(=O)N3C2)n1. The molecule has 61 heavy (non-hydrogen) atoms. The standard InChI is InChI=1S/C42H56ClF2N5O10S/c1-24-11-8-9-12-26-22-42(26,37(53)48-61(56,57)40(5)15-16-40)47-34(51)31-20-27(60-35-28-13-10-14-30(43)29(28)21-32(46-35)59-18-17-58-7)23-49(31)36(52)33(25(2)19-24)50(38(54)55)39(3,4)41(6,44)45/h9-10,12-14,21,24-27,31,33H,8,11,15-20,22-23H2,1-7H3,(H,47,51)(H,48,53)(H,54,55)/b12-9-/t24-,25-,26-,27-,31+,33+,42-/m1/s1. The molecule has 1 aromatic carbocycles. The molecule has 7 atom stereocenters. The summed E-state index contributed by atoms with van der Waals surface area (Å²) in [4.78, 5) is 63.3. The number of amides is 4. The third kappa shape index (κ3) is 9.26. The summed E-state index contributed by atoms with van der Waals surface area (Å²) in [7, 11) is -2.60. The van der Waals surface area contributed by atoms with Crippen molar-refractivity contribution in [1.82, 2.24) is 24.8 Å². The molecule has 0 bridgehead atoms. The average molecular weight is 896 g/mol. The highest BCUT2D eigenvalue weighted by Gasteiger charge is 2.63. The third-order valence-corrected chi connectivity index (χ3v) is 15.4. The first-order chi connectivity index (χ1) is 28.5. The first kappa shape index (κ1) is 46.2. The van der Waals surface area contributed by atoms with Crippen LogP contribution in [0, 0.1) is 17.8 Å². The fourth-order valence-electron chi connectivity index (χ4n) is 8.40. The summed E-state index contributed by atoms with van der Waals surface area (Å²) in [5, 5.41) is 14.8. The number of sulfonamides is 1. The van der Waals surface area contributed by atoms with E-state index >= 15 is 13.6 Å². The molecule has 4 amide bonds. The molecule has 0 spiro atoms. The Morgan fingerprint density at radius 2 is 1.84 bits per heavy atom. The Kier molecular flexibility index (Phi) is 13.0. The van der Waals surface area contributed by atoms with Crippen molar-refractivity contribution in [3.63, 3.8) is 0 Å². The molecule has 3 fully saturated rings. The van der Waals surface area contributed by atoms with E-state index in [-0.39, 0.29) is 56.7 Å². The lowest BCUT2D eigenvalue weighted by Crippen LogP contribution is -2.66. The number of hydrogen-bond acceptors (Lipinski definition) is 10. The molecule has 2 aliphatic carbocycles. The smallest absolute Gasteiger partial charge is 0.408 e. The minimum atomic E-state index is -4.11. The lowest BCUT2D eigenvalue weighted by molar-refractivity contribution is -0.156. The summed E-state index contributed by atoms with van der Waals surface area (Å²) in [6.45, 7) is 7.86. The maximum absolute atomic E-state index is 15.4. The summed E-state index contributed by atoms with van der Waals surface area (Å²) >= 11 is 6.58. The average Bonchev–Trinajstić information content (AvgIpc) is 4.05. The second-order valence-electron chi connectivity index (χ2n) is 17.9. The summed E-state index contributed by atoms with van der Waals surface area (Å²) in [5.41, 5.74) is -4.09. The number of nitrogens with zero attached hydrogens (tertiary/aromatic N) is 3. The Labute approximate surface area is 359 Å². The van der Waals surface area contributed by atoms with E-state index < -0.39 is 85.6 Å². The van der Waals surface area contributed by atoms with Crippen molar-refractivity contribution in [2.45, 2.75) is 126 Å². The van der Waals surface area contributed by atoms with Crippen LogP contribution in [0.5, 0.6) is 11.8 Å². The molecule has 0 radical (unpaired) electrons. The number of benzene rings is 1. The largest absolute Gasteiger partial charge is 0.475 e. The van der Waals surface area contributed by atoms with Gasteiger partial charge in [-0.25, -0.2) is 22.0 Å². The van der Waals surface area contributed by atoms with Gasteiger partial charge in [0.1, 0.15) is 35.9 Å².